The molecular formula is C14H15N3O3S. The van der Waals surface area contributed by atoms with Gasteiger partial charge in [0.1, 0.15) is 12.0 Å². The van der Waals surface area contributed by atoms with Crippen molar-refractivity contribution in [3.63, 3.8) is 0 Å². The number of nitro groups is 1. The van der Waals surface area contributed by atoms with Crippen molar-refractivity contribution in [2.75, 3.05) is 18.0 Å². The van der Waals surface area contributed by atoms with Gasteiger partial charge in [-0.15, -0.1) is 11.3 Å². The Bertz CT molecular complexity index is 713. The van der Waals surface area contributed by atoms with Gasteiger partial charge < -0.3 is 9.69 Å². The summed E-state index contributed by atoms with van der Waals surface area (Å²) in [4.78, 5) is 28.4. The summed E-state index contributed by atoms with van der Waals surface area (Å²) in [5.74, 6) is -0.0498. The second-order valence-electron chi connectivity index (χ2n) is 5.28. The molecular weight excluding hydrogens is 290 g/mol. The molecule has 0 N–H and O–H groups in total. The maximum atomic E-state index is 11.4. The predicted octanol–water partition coefficient (Wildman–Crippen LogP) is 2.93. The van der Waals surface area contributed by atoms with Crippen molar-refractivity contribution in [1.82, 2.24) is 4.98 Å². The fraction of sp³-hybridized carbons (Fsp3) is 0.429. The van der Waals surface area contributed by atoms with Gasteiger partial charge >= 0.3 is 0 Å². The number of hydrogen-bond acceptors (Lipinski definition) is 6. The van der Waals surface area contributed by atoms with Gasteiger partial charge in [0, 0.05) is 25.1 Å². The number of fused-ring (bicyclic) bond motifs is 1. The number of aromatic nitrogens is 1. The van der Waals surface area contributed by atoms with Crippen LogP contribution in [0, 0.1) is 23.0 Å². The fourth-order valence-corrected chi connectivity index (χ4v) is 3.65. The van der Waals surface area contributed by atoms with E-state index in [1.807, 2.05) is 11.8 Å². The molecule has 2 heterocycles. The summed E-state index contributed by atoms with van der Waals surface area (Å²) in [7, 11) is 0. The Morgan fingerprint density at radius 3 is 3.05 bits per heavy atom. The van der Waals surface area contributed by atoms with Crippen molar-refractivity contribution >= 4 is 39.2 Å². The van der Waals surface area contributed by atoms with Gasteiger partial charge in [-0.2, -0.15) is 0 Å². The van der Waals surface area contributed by atoms with E-state index in [2.05, 4.69) is 4.98 Å². The molecule has 1 aromatic heterocycles. The van der Waals surface area contributed by atoms with Crippen LogP contribution in [0.3, 0.4) is 0 Å². The molecule has 1 atom stereocenters. The Labute approximate surface area is 125 Å². The third-order valence-corrected chi connectivity index (χ3v) is 4.71. The summed E-state index contributed by atoms with van der Waals surface area (Å²) in [6.45, 7) is 3.16. The summed E-state index contributed by atoms with van der Waals surface area (Å²) in [6, 6.07) is 3.38. The average molecular weight is 305 g/mol. The van der Waals surface area contributed by atoms with E-state index in [0.717, 1.165) is 40.9 Å². The van der Waals surface area contributed by atoms with Crippen LogP contribution in [0.25, 0.3) is 10.2 Å². The van der Waals surface area contributed by atoms with Crippen LogP contribution in [-0.4, -0.2) is 29.3 Å². The van der Waals surface area contributed by atoms with Gasteiger partial charge in [-0.3, -0.25) is 10.1 Å². The van der Waals surface area contributed by atoms with E-state index in [0.29, 0.717) is 12.2 Å². The Kier molecular flexibility index (Phi) is 3.59. The van der Waals surface area contributed by atoms with Gasteiger partial charge in [-0.05, 0) is 25.8 Å². The molecule has 1 unspecified atom stereocenters. The predicted molar refractivity (Wildman–Crippen MR) is 82.0 cm³/mol. The van der Waals surface area contributed by atoms with E-state index in [4.69, 9.17) is 0 Å². The Morgan fingerprint density at radius 1 is 1.52 bits per heavy atom. The lowest BCUT2D eigenvalue weighted by Gasteiger charge is -2.31. The number of hydrogen-bond donors (Lipinski definition) is 0. The summed E-state index contributed by atoms with van der Waals surface area (Å²) in [5.41, 5.74) is 1.45. The molecule has 1 fully saturated rings. The fourth-order valence-electron chi connectivity index (χ4n) is 2.81. The molecule has 0 saturated carbocycles. The number of rotatable bonds is 3. The molecule has 3 rings (SSSR count). The number of carbonyl (C=O) groups is 1. The molecule has 1 aliphatic heterocycles. The zero-order valence-corrected chi connectivity index (χ0v) is 12.4. The number of carbonyl (C=O) groups excluding carboxylic acids is 1. The molecule has 110 valence electrons. The lowest BCUT2D eigenvalue weighted by Crippen LogP contribution is -2.36. The summed E-state index contributed by atoms with van der Waals surface area (Å²) in [6.07, 6.45) is 2.67. The number of thiazole rings is 1. The van der Waals surface area contributed by atoms with Crippen LogP contribution >= 0.6 is 11.3 Å². The van der Waals surface area contributed by atoms with E-state index in [1.54, 1.807) is 12.1 Å². The van der Waals surface area contributed by atoms with Crippen LogP contribution in [0.1, 0.15) is 17.8 Å². The number of benzene rings is 1. The second-order valence-corrected chi connectivity index (χ2v) is 6.52. The molecule has 0 amide bonds. The van der Waals surface area contributed by atoms with Crippen molar-refractivity contribution in [3.05, 3.63) is 27.3 Å². The molecule has 7 heteroatoms. The summed E-state index contributed by atoms with van der Waals surface area (Å²) < 4.78 is 0.826. The van der Waals surface area contributed by atoms with Crippen molar-refractivity contribution < 1.29 is 9.72 Å². The van der Waals surface area contributed by atoms with E-state index >= 15 is 0 Å². The molecule has 21 heavy (non-hydrogen) atoms. The highest BCUT2D eigenvalue weighted by molar-refractivity contribution is 7.18. The van der Waals surface area contributed by atoms with Gasteiger partial charge in [0.25, 0.3) is 5.69 Å². The minimum atomic E-state index is -0.353. The van der Waals surface area contributed by atoms with Crippen LogP contribution in [0.2, 0.25) is 0 Å². The molecule has 1 saturated heterocycles. The maximum Gasteiger partial charge on any atom is 0.294 e. The highest BCUT2D eigenvalue weighted by Crippen LogP contribution is 2.36. The molecule has 1 aromatic carbocycles. The topological polar surface area (TPSA) is 76.3 Å². The number of aldehydes is 1. The van der Waals surface area contributed by atoms with Crippen molar-refractivity contribution in [2.24, 2.45) is 5.92 Å². The Hall–Kier alpha value is -2.02. The zero-order chi connectivity index (χ0) is 15.0. The molecule has 0 bridgehead atoms. The number of aryl methyl sites for hydroxylation is 1. The highest BCUT2D eigenvalue weighted by atomic mass is 32.1. The molecule has 2 aromatic rings. The molecule has 0 aliphatic carbocycles. The van der Waals surface area contributed by atoms with Crippen molar-refractivity contribution in [1.29, 1.82) is 0 Å². The number of piperidine rings is 1. The second kappa shape index (κ2) is 5.40. The third-order valence-electron chi connectivity index (χ3n) is 3.78. The summed E-state index contributed by atoms with van der Waals surface area (Å²) >= 11 is 1.45. The van der Waals surface area contributed by atoms with Crippen molar-refractivity contribution in [2.45, 2.75) is 19.8 Å². The first-order valence-electron chi connectivity index (χ1n) is 6.84. The lowest BCUT2D eigenvalue weighted by molar-refractivity contribution is -0.384. The Morgan fingerprint density at radius 2 is 2.33 bits per heavy atom. The molecule has 6 nitrogen and oxygen atoms in total. The van der Waals surface area contributed by atoms with Gasteiger partial charge in [0.2, 0.25) is 0 Å². The van der Waals surface area contributed by atoms with Crippen LogP contribution in [-0.2, 0) is 4.79 Å². The standard InChI is InChI=1S/C14H15N3O3S/c1-9-15-11-5-12(13(17(19)20)6-14(11)21-9)16-4-2-3-10(7-16)8-18/h5-6,8,10H,2-4,7H2,1H3. The van der Waals surface area contributed by atoms with Gasteiger partial charge in [0.05, 0.1) is 20.1 Å². The molecule has 0 radical (unpaired) electrons. The maximum absolute atomic E-state index is 11.4. The first kappa shape index (κ1) is 13.9. The summed E-state index contributed by atoms with van der Waals surface area (Å²) in [5, 5.41) is 12.2. The van der Waals surface area contributed by atoms with E-state index < -0.39 is 0 Å². The van der Waals surface area contributed by atoms with Gasteiger partial charge in [0.15, 0.2) is 0 Å². The largest absolute Gasteiger partial charge is 0.365 e. The van der Waals surface area contributed by atoms with E-state index in [9.17, 15) is 14.9 Å². The van der Waals surface area contributed by atoms with E-state index in [1.165, 1.54) is 11.3 Å². The quantitative estimate of drug-likeness (QED) is 0.495. The van der Waals surface area contributed by atoms with Crippen LogP contribution in [0.4, 0.5) is 11.4 Å². The minimum Gasteiger partial charge on any atom is -0.365 e. The first-order valence-corrected chi connectivity index (χ1v) is 7.66. The van der Waals surface area contributed by atoms with Gasteiger partial charge in [-0.1, -0.05) is 0 Å². The number of anilines is 1. The van der Waals surface area contributed by atoms with Crippen LogP contribution < -0.4 is 4.90 Å². The minimum absolute atomic E-state index is 0.0498. The van der Waals surface area contributed by atoms with Crippen LogP contribution in [0.5, 0.6) is 0 Å². The molecule has 1 aliphatic rings. The monoisotopic (exact) mass is 305 g/mol. The normalized spacial score (nSPS) is 18.9. The van der Waals surface area contributed by atoms with Gasteiger partial charge in [-0.25, -0.2) is 4.98 Å². The third kappa shape index (κ3) is 2.61. The van der Waals surface area contributed by atoms with Crippen LogP contribution in [0.15, 0.2) is 12.1 Å². The smallest absolute Gasteiger partial charge is 0.294 e. The SMILES string of the molecule is Cc1nc2cc(N3CCCC(C=O)C3)c([N+](=O)[O-])cc2s1. The number of nitrogens with zero attached hydrogens (tertiary/aromatic N) is 3. The van der Waals surface area contributed by atoms with Crippen molar-refractivity contribution in [3.8, 4) is 0 Å². The molecule has 0 spiro atoms. The lowest BCUT2D eigenvalue weighted by atomic mass is 9.99. The Balaban J connectivity index is 2.08. The first-order chi connectivity index (χ1) is 10.1. The zero-order valence-electron chi connectivity index (χ0n) is 11.6. The van der Waals surface area contributed by atoms with E-state index in [-0.39, 0.29) is 16.5 Å². The number of nitro benzene ring substituents is 1. The highest BCUT2D eigenvalue weighted by Gasteiger charge is 2.26. The average Bonchev–Trinajstić information content (AvgIpc) is 2.85.